The van der Waals surface area contributed by atoms with Gasteiger partial charge in [0.25, 0.3) is 5.91 Å². The normalized spacial score (nSPS) is 19.7. The van der Waals surface area contributed by atoms with Gasteiger partial charge in [0.05, 0.1) is 6.04 Å². The zero-order valence-corrected chi connectivity index (χ0v) is 11.1. The molecule has 106 valence electrons. The highest BCUT2D eigenvalue weighted by atomic mass is 16.2. The van der Waals surface area contributed by atoms with Crippen molar-refractivity contribution in [2.75, 3.05) is 6.54 Å². The number of carbonyl (C=O) groups excluding carboxylic acids is 4. The summed E-state index contributed by atoms with van der Waals surface area (Å²) in [4.78, 5) is 45.5. The summed E-state index contributed by atoms with van der Waals surface area (Å²) >= 11 is 0. The number of rotatable bonds is 7. The van der Waals surface area contributed by atoms with Gasteiger partial charge in [0.1, 0.15) is 0 Å². The van der Waals surface area contributed by atoms with E-state index >= 15 is 0 Å². The van der Waals surface area contributed by atoms with Crippen LogP contribution in [0.15, 0.2) is 0 Å². The number of amides is 3. The lowest BCUT2D eigenvalue weighted by Crippen LogP contribution is -2.47. The molecule has 0 spiro atoms. The third-order valence-electron chi connectivity index (χ3n) is 2.91. The molecule has 0 saturated carbocycles. The number of hydrogen-bond donors (Lipinski definition) is 3. The van der Waals surface area contributed by atoms with E-state index in [9.17, 15) is 19.2 Å². The van der Waals surface area contributed by atoms with Gasteiger partial charge in [-0.15, -0.1) is 0 Å². The molecule has 0 aromatic rings. The molecule has 1 rings (SSSR count). The van der Waals surface area contributed by atoms with Gasteiger partial charge in [-0.3, -0.25) is 19.2 Å². The summed E-state index contributed by atoms with van der Waals surface area (Å²) in [7, 11) is 0. The Hall–Kier alpha value is -1.92. The third-order valence-corrected chi connectivity index (χ3v) is 2.91. The molecule has 1 heterocycles. The molecular formula is C12H19N3O4. The van der Waals surface area contributed by atoms with E-state index in [1.807, 2.05) is 0 Å². The Morgan fingerprint density at radius 3 is 2.63 bits per heavy atom. The molecule has 0 aliphatic carbocycles. The Labute approximate surface area is 111 Å². The monoisotopic (exact) mass is 269 g/mol. The Morgan fingerprint density at radius 1 is 1.47 bits per heavy atom. The van der Waals surface area contributed by atoms with Crippen molar-refractivity contribution in [2.24, 2.45) is 5.92 Å². The third kappa shape index (κ3) is 4.35. The maximum absolute atomic E-state index is 11.9. The second-order valence-corrected chi connectivity index (χ2v) is 4.84. The van der Waals surface area contributed by atoms with Crippen LogP contribution in [0.1, 0.15) is 26.7 Å². The van der Waals surface area contributed by atoms with E-state index in [1.165, 1.54) is 0 Å². The summed E-state index contributed by atoms with van der Waals surface area (Å²) in [5.41, 5.74) is 0. The predicted molar refractivity (Wildman–Crippen MR) is 67.0 cm³/mol. The first-order valence-electron chi connectivity index (χ1n) is 6.27. The van der Waals surface area contributed by atoms with Crippen LogP contribution in [0.4, 0.5) is 0 Å². The maximum atomic E-state index is 11.9. The van der Waals surface area contributed by atoms with Crippen LogP contribution >= 0.6 is 0 Å². The minimum absolute atomic E-state index is 0.144. The molecule has 1 aliphatic heterocycles. The summed E-state index contributed by atoms with van der Waals surface area (Å²) in [6.45, 7) is 4.03. The van der Waals surface area contributed by atoms with Crippen molar-refractivity contribution in [3.63, 3.8) is 0 Å². The molecular weight excluding hydrogens is 250 g/mol. The second kappa shape index (κ2) is 6.86. The van der Waals surface area contributed by atoms with Crippen molar-refractivity contribution in [1.29, 1.82) is 0 Å². The standard InChI is InChI=1S/C12H19N3O4/c1-7(2)15-12(19)10(17)9(14-6-16)5-8-3-4-13-11(8)18/h6-9H,3-5H2,1-2H3,(H,13,18)(H,14,16)(H,15,19). The Morgan fingerprint density at radius 2 is 2.16 bits per heavy atom. The van der Waals surface area contributed by atoms with Gasteiger partial charge in [0.15, 0.2) is 0 Å². The van der Waals surface area contributed by atoms with Gasteiger partial charge >= 0.3 is 0 Å². The molecule has 3 amide bonds. The van der Waals surface area contributed by atoms with Crippen molar-refractivity contribution in [3.8, 4) is 0 Å². The van der Waals surface area contributed by atoms with E-state index in [0.29, 0.717) is 19.4 Å². The summed E-state index contributed by atoms with van der Waals surface area (Å²) in [5, 5.41) is 7.44. The van der Waals surface area contributed by atoms with Crippen LogP contribution in [0.25, 0.3) is 0 Å². The fraction of sp³-hybridized carbons (Fsp3) is 0.667. The number of Topliss-reactive ketones (excluding diaryl/α,β-unsaturated/α-hetero) is 1. The average Bonchev–Trinajstić information content (AvgIpc) is 2.72. The molecule has 7 heteroatoms. The maximum Gasteiger partial charge on any atom is 0.289 e. The van der Waals surface area contributed by atoms with E-state index in [-0.39, 0.29) is 24.3 Å². The smallest absolute Gasteiger partial charge is 0.289 e. The van der Waals surface area contributed by atoms with E-state index in [2.05, 4.69) is 16.0 Å². The van der Waals surface area contributed by atoms with Gasteiger partial charge in [-0.05, 0) is 26.7 Å². The van der Waals surface area contributed by atoms with Gasteiger partial charge in [0, 0.05) is 18.5 Å². The molecule has 7 nitrogen and oxygen atoms in total. The quantitative estimate of drug-likeness (QED) is 0.395. The highest BCUT2D eigenvalue weighted by molar-refractivity contribution is 6.38. The van der Waals surface area contributed by atoms with Crippen molar-refractivity contribution >= 4 is 24.0 Å². The molecule has 2 unspecified atom stereocenters. The molecule has 1 fully saturated rings. The zero-order chi connectivity index (χ0) is 14.4. The fourth-order valence-corrected chi connectivity index (χ4v) is 1.98. The lowest BCUT2D eigenvalue weighted by Gasteiger charge is -2.17. The van der Waals surface area contributed by atoms with Crippen molar-refractivity contribution in [1.82, 2.24) is 16.0 Å². The number of carbonyl (C=O) groups is 4. The SMILES string of the molecule is CC(C)NC(=O)C(=O)C(CC1CCNC1=O)NC=O. The highest BCUT2D eigenvalue weighted by Crippen LogP contribution is 2.16. The number of nitrogens with one attached hydrogen (secondary N) is 3. The first kappa shape index (κ1) is 15.1. The summed E-state index contributed by atoms with van der Waals surface area (Å²) in [6, 6.07) is -1.12. The van der Waals surface area contributed by atoms with Gasteiger partial charge in [-0.1, -0.05) is 0 Å². The first-order valence-corrected chi connectivity index (χ1v) is 6.27. The molecule has 0 radical (unpaired) electrons. The summed E-state index contributed by atoms with van der Waals surface area (Å²) < 4.78 is 0. The largest absolute Gasteiger partial charge is 0.356 e. The minimum atomic E-state index is -0.954. The molecule has 19 heavy (non-hydrogen) atoms. The van der Waals surface area contributed by atoms with Crippen LogP contribution in [0.2, 0.25) is 0 Å². The van der Waals surface area contributed by atoms with Gasteiger partial charge < -0.3 is 16.0 Å². The zero-order valence-electron chi connectivity index (χ0n) is 11.1. The van der Waals surface area contributed by atoms with Crippen molar-refractivity contribution in [3.05, 3.63) is 0 Å². The molecule has 1 saturated heterocycles. The summed E-state index contributed by atoms with van der Waals surface area (Å²) in [6.07, 6.45) is 1.13. The van der Waals surface area contributed by atoms with E-state index in [1.54, 1.807) is 13.8 Å². The van der Waals surface area contributed by atoms with E-state index < -0.39 is 17.7 Å². The van der Waals surface area contributed by atoms with E-state index in [4.69, 9.17) is 0 Å². The van der Waals surface area contributed by atoms with Crippen molar-refractivity contribution in [2.45, 2.75) is 38.8 Å². The molecule has 0 bridgehead atoms. The van der Waals surface area contributed by atoms with Crippen LogP contribution in [0.3, 0.4) is 0 Å². The van der Waals surface area contributed by atoms with Gasteiger partial charge in [-0.2, -0.15) is 0 Å². The predicted octanol–water partition coefficient (Wildman–Crippen LogP) is -1.28. The van der Waals surface area contributed by atoms with Crippen LogP contribution in [0.5, 0.6) is 0 Å². The Kier molecular flexibility index (Phi) is 5.47. The molecule has 0 aromatic carbocycles. The number of hydrogen-bond acceptors (Lipinski definition) is 4. The van der Waals surface area contributed by atoms with Gasteiger partial charge in [-0.25, -0.2) is 0 Å². The molecule has 2 atom stereocenters. The second-order valence-electron chi connectivity index (χ2n) is 4.84. The van der Waals surface area contributed by atoms with Crippen LogP contribution in [-0.2, 0) is 19.2 Å². The average molecular weight is 269 g/mol. The molecule has 3 N–H and O–H groups in total. The van der Waals surface area contributed by atoms with Crippen LogP contribution < -0.4 is 16.0 Å². The Bertz CT molecular complexity index is 381. The van der Waals surface area contributed by atoms with E-state index in [0.717, 1.165) is 0 Å². The Balaban J connectivity index is 2.65. The molecule has 1 aliphatic rings. The first-order chi connectivity index (χ1) is 8.95. The van der Waals surface area contributed by atoms with Crippen LogP contribution in [0, 0.1) is 5.92 Å². The minimum Gasteiger partial charge on any atom is -0.356 e. The number of ketones is 1. The highest BCUT2D eigenvalue weighted by Gasteiger charge is 2.32. The topological polar surface area (TPSA) is 104 Å². The lowest BCUT2D eigenvalue weighted by atomic mass is 9.95. The van der Waals surface area contributed by atoms with Crippen LogP contribution in [-0.4, -0.2) is 42.6 Å². The van der Waals surface area contributed by atoms with Gasteiger partial charge in [0.2, 0.25) is 18.1 Å². The van der Waals surface area contributed by atoms with Crippen molar-refractivity contribution < 1.29 is 19.2 Å². The fourth-order valence-electron chi connectivity index (χ4n) is 1.98. The molecule has 0 aromatic heterocycles. The lowest BCUT2D eigenvalue weighted by molar-refractivity contribution is -0.140. The summed E-state index contributed by atoms with van der Waals surface area (Å²) in [5.74, 6) is -1.95.